The average molecular weight is 285 g/mol. The Bertz CT molecular complexity index is 504. The van der Waals surface area contributed by atoms with Gasteiger partial charge in [-0.05, 0) is 23.6 Å². The van der Waals surface area contributed by atoms with Crippen LogP contribution < -0.4 is 4.72 Å². The van der Waals surface area contributed by atoms with Crippen molar-refractivity contribution in [2.45, 2.75) is 38.5 Å². The van der Waals surface area contributed by atoms with Crippen LogP contribution in [0, 0.1) is 5.41 Å². The fourth-order valence-corrected chi connectivity index (χ4v) is 2.70. The highest BCUT2D eigenvalue weighted by Crippen LogP contribution is 2.18. The molecule has 0 aromatic heterocycles. The molecule has 0 aliphatic rings. The fraction of sp³-hybridized carbons (Fsp3) is 0.571. The summed E-state index contributed by atoms with van der Waals surface area (Å²) in [6, 6.07) is 6.89. The molecule has 1 aromatic carbocycles. The van der Waals surface area contributed by atoms with Gasteiger partial charge in [0.25, 0.3) is 0 Å². The van der Waals surface area contributed by atoms with Crippen LogP contribution in [0.1, 0.15) is 39.2 Å². The minimum Gasteiger partial charge on any atom is -0.396 e. The summed E-state index contributed by atoms with van der Waals surface area (Å²) in [7, 11) is -3.51. The van der Waals surface area contributed by atoms with Gasteiger partial charge in [0, 0.05) is 18.6 Å². The number of aliphatic hydroxyl groups is 1. The number of rotatable bonds is 6. The van der Waals surface area contributed by atoms with E-state index in [0.29, 0.717) is 5.92 Å². The Morgan fingerprint density at radius 2 is 1.74 bits per heavy atom. The van der Waals surface area contributed by atoms with E-state index in [1.165, 1.54) is 0 Å². The first kappa shape index (κ1) is 16.1. The van der Waals surface area contributed by atoms with E-state index in [1.807, 2.05) is 12.1 Å². The molecule has 0 fully saturated rings. The summed E-state index contributed by atoms with van der Waals surface area (Å²) in [5, 5.41) is 9.12. The molecule has 4 nitrogen and oxygen atoms in total. The normalized spacial score (nSPS) is 12.9. The van der Waals surface area contributed by atoms with Crippen LogP contribution in [-0.2, 0) is 10.0 Å². The highest BCUT2D eigenvalue weighted by Gasteiger charge is 2.21. The van der Waals surface area contributed by atoms with E-state index in [-0.39, 0.29) is 18.0 Å². The van der Waals surface area contributed by atoms with Crippen molar-refractivity contribution in [3.63, 3.8) is 0 Å². The molecule has 0 spiro atoms. The third-order valence-electron chi connectivity index (χ3n) is 3.03. The van der Waals surface area contributed by atoms with E-state index in [0.717, 1.165) is 5.56 Å². The third-order valence-corrected chi connectivity index (χ3v) is 4.44. The summed E-state index contributed by atoms with van der Waals surface area (Å²) in [6.45, 7) is 7.87. The molecule has 0 atom stereocenters. The van der Waals surface area contributed by atoms with Gasteiger partial charge in [0.2, 0.25) is 10.0 Å². The number of hydrogen-bond donors (Lipinski definition) is 2. The summed E-state index contributed by atoms with van der Waals surface area (Å²) < 4.78 is 26.7. The van der Waals surface area contributed by atoms with E-state index in [2.05, 4.69) is 18.6 Å². The first-order valence-electron chi connectivity index (χ1n) is 6.38. The van der Waals surface area contributed by atoms with Crippen molar-refractivity contribution < 1.29 is 13.5 Å². The van der Waals surface area contributed by atoms with E-state index in [4.69, 9.17) is 5.11 Å². The van der Waals surface area contributed by atoms with Gasteiger partial charge in [0.15, 0.2) is 0 Å². The quantitative estimate of drug-likeness (QED) is 0.841. The topological polar surface area (TPSA) is 66.4 Å². The fourth-order valence-electron chi connectivity index (χ4n) is 1.46. The summed E-state index contributed by atoms with van der Waals surface area (Å²) in [5.41, 5.74) is 0.639. The SMILES string of the molecule is CC(C)c1ccc(S(=O)(=O)NCC(C)(C)CO)cc1. The molecule has 19 heavy (non-hydrogen) atoms. The molecule has 0 saturated carbocycles. The molecule has 1 aromatic rings. The number of hydrogen-bond acceptors (Lipinski definition) is 3. The lowest BCUT2D eigenvalue weighted by molar-refractivity contribution is 0.163. The molecule has 0 unspecified atom stereocenters. The van der Waals surface area contributed by atoms with E-state index in [1.54, 1.807) is 26.0 Å². The summed E-state index contributed by atoms with van der Waals surface area (Å²) in [4.78, 5) is 0.255. The lowest BCUT2D eigenvalue weighted by atomic mass is 9.96. The van der Waals surface area contributed by atoms with Crippen LogP contribution in [0.2, 0.25) is 0 Å². The van der Waals surface area contributed by atoms with Crippen LogP contribution in [0.5, 0.6) is 0 Å². The second-order valence-corrected chi connectivity index (χ2v) is 7.64. The van der Waals surface area contributed by atoms with Gasteiger partial charge in [0.1, 0.15) is 0 Å². The highest BCUT2D eigenvalue weighted by atomic mass is 32.2. The van der Waals surface area contributed by atoms with E-state index >= 15 is 0 Å². The zero-order chi connectivity index (χ0) is 14.7. The van der Waals surface area contributed by atoms with Crippen LogP contribution in [0.15, 0.2) is 29.2 Å². The van der Waals surface area contributed by atoms with Gasteiger partial charge in [0.05, 0.1) is 4.90 Å². The molecule has 0 bridgehead atoms. The molecule has 0 aliphatic heterocycles. The largest absolute Gasteiger partial charge is 0.396 e. The van der Waals surface area contributed by atoms with Crippen molar-refractivity contribution in [2.75, 3.05) is 13.2 Å². The molecule has 0 saturated heterocycles. The first-order valence-corrected chi connectivity index (χ1v) is 7.87. The maximum absolute atomic E-state index is 12.1. The zero-order valence-electron chi connectivity index (χ0n) is 12.0. The minimum absolute atomic E-state index is 0.0677. The predicted octanol–water partition coefficient (Wildman–Crippen LogP) is 2.11. The number of aliphatic hydroxyl groups excluding tert-OH is 1. The van der Waals surface area contributed by atoms with Crippen LogP contribution in [0.25, 0.3) is 0 Å². The smallest absolute Gasteiger partial charge is 0.240 e. The van der Waals surface area contributed by atoms with Gasteiger partial charge < -0.3 is 5.11 Å². The minimum atomic E-state index is -3.51. The van der Waals surface area contributed by atoms with Crippen LogP contribution in [-0.4, -0.2) is 26.7 Å². The van der Waals surface area contributed by atoms with Crippen molar-refractivity contribution in [3.05, 3.63) is 29.8 Å². The molecule has 5 heteroatoms. The Labute approximate surface area is 115 Å². The Hall–Kier alpha value is -0.910. The van der Waals surface area contributed by atoms with Crippen LogP contribution in [0.3, 0.4) is 0 Å². The van der Waals surface area contributed by atoms with Gasteiger partial charge in [-0.1, -0.05) is 39.8 Å². The maximum Gasteiger partial charge on any atom is 0.240 e. The lowest BCUT2D eigenvalue weighted by Gasteiger charge is -2.21. The van der Waals surface area contributed by atoms with Crippen molar-refractivity contribution in [1.82, 2.24) is 4.72 Å². The van der Waals surface area contributed by atoms with Gasteiger partial charge >= 0.3 is 0 Å². The zero-order valence-corrected chi connectivity index (χ0v) is 12.8. The molecule has 0 aliphatic carbocycles. The maximum atomic E-state index is 12.1. The molecular formula is C14H23NO3S. The van der Waals surface area contributed by atoms with Gasteiger partial charge in [-0.15, -0.1) is 0 Å². The van der Waals surface area contributed by atoms with E-state index in [9.17, 15) is 8.42 Å². The molecule has 0 amide bonds. The number of sulfonamides is 1. The van der Waals surface area contributed by atoms with Crippen molar-refractivity contribution in [1.29, 1.82) is 0 Å². The molecule has 108 valence electrons. The van der Waals surface area contributed by atoms with Crippen LogP contribution >= 0.6 is 0 Å². The summed E-state index contributed by atoms with van der Waals surface area (Å²) in [5.74, 6) is 0.373. The number of benzene rings is 1. The second-order valence-electron chi connectivity index (χ2n) is 5.87. The van der Waals surface area contributed by atoms with Crippen molar-refractivity contribution in [3.8, 4) is 0 Å². The summed E-state index contributed by atoms with van der Waals surface area (Å²) >= 11 is 0. The van der Waals surface area contributed by atoms with Crippen LogP contribution in [0.4, 0.5) is 0 Å². The molecular weight excluding hydrogens is 262 g/mol. The molecule has 1 rings (SSSR count). The Morgan fingerprint density at radius 3 is 2.16 bits per heavy atom. The second kappa shape index (κ2) is 6.03. The van der Waals surface area contributed by atoms with Crippen molar-refractivity contribution in [2.24, 2.45) is 5.41 Å². The Balaban J connectivity index is 2.83. The highest BCUT2D eigenvalue weighted by molar-refractivity contribution is 7.89. The molecule has 2 N–H and O–H groups in total. The standard InChI is InChI=1S/C14H23NO3S/c1-11(2)12-5-7-13(8-6-12)19(17,18)15-9-14(3,4)10-16/h5-8,11,15-16H,9-10H2,1-4H3. The Kier molecular flexibility index (Phi) is 5.12. The predicted molar refractivity (Wildman–Crippen MR) is 76.6 cm³/mol. The third kappa shape index (κ3) is 4.60. The molecule has 0 heterocycles. The Morgan fingerprint density at radius 1 is 1.21 bits per heavy atom. The van der Waals surface area contributed by atoms with Gasteiger partial charge in [-0.2, -0.15) is 0 Å². The van der Waals surface area contributed by atoms with E-state index < -0.39 is 15.4 Å². The van der Waals surface area contributed by atoms with Gasteiger partial charge in [-0.3, -0.25) is 0 Å². The first-order chi connectivity index (χ1) is 8.68. The summed E-state index contributed by atoms with van der Waals surface area (Å²) in [6.07, 6.45) is 0. The molecule has 0 radical (unpaired) electrons. The monoisotopic (exact) mass is 285 g/mol. The number of nitrogens with one attached hydrogen (secondary N) is 1. The van der Waals surface area contributed by atoms with Gasteiger partial charge in [-0.25, -0.2) is 13.1 Å². The lowest BCUT2D eigenvalue weighted by Crippen LogP contribution is -2.36. The van der Waals surface area contributed by atoms with Crippen molar-refractivity contribution >= 4 is 10.0 Å². The average Bonchev–Trinajstić information content (AvgIpc) is 2.37.